The highest BCUT2D eigenvalue weighted by atomic mass is 16.5. The van der Waals surface area contributed by atoms with Crippen molar-refractivity contribution >= 4 is 10.9 Å². The first-order chi connectivity index (χ1) is 17.7. The lowest BCUT2D eigenvalue weighted by molar-refractivity contribution is 0.105. The fourth-order valence-corrected chi connectivity index (χ4v) is 5.19. The van der Waals surface area contributed by atoms with Crippen molar-refractivity contribution < 1.29 is 4.74 Å². The van der Waals surface area contributed by atoms with E-state index in [2.05, 4.69) is 4.90 Å². The summed E-state index contributed by atoms with van der Waals surface area (Å²) < 4.78 is 7.01. The van der Waals surface area contributed by atoms with Crippen LogP contribution in [-0.4, -0.2) is 40.7 Å². The smallest absolute Gasteiger partial charge is 0.261 e. The number of fused-ring (bicyclic) bond motifs is 1. The number of methoxy groups -OCH3 is 1. The number of piperidine rings is 1. The molecule has 0 bridgehead atoms. The Kier molecular flexibility index (Phi) is 7.47. The summed E-state index contributed by atoms with van der Waals surface area (Å²) in [6, 6.07) is 24.4. The lowest BCUT2D eigenvalue weighted by Crippen LogP contribution is -2.42. The Bertz CT molecular complexity index is 1370. The Balaban J connectivity index is 0.000000222. The topological polar surface area (TPSA) is 47.4 Å². The Morgan fingerprint density at radius 1 is 0.833 bits per heavy atom. The lowest BCUT2D eigenvalue weighted by atomic mass is 9.90. The van der Waals surface area contributed by atoms with Gasteiger partial charge in [0.1, 0.15) is 11.6 Å². The van der Waals surface area contributed by atoms with E-state index >= 15 is 0 Å². The Morgan fingerprint density at radius 3 is 2.25 bits per heavy atom. The van der Waals surface area contributed by atoms with Crippen LogP contribution in [0.2, 0.25) is 0 Å². The Hall–Kier alpha value is -3.44. The van der Waals surface area contributed by atoms with Crippen molar-refractivity contribution in [2.45, 2.75) is 44.6 Å². The minimum absolute atomic E-state index is 0.0753. The maximum atomic E-state index is 13.0. The van der Waals surface area contributed by atoms with Gasteiger partial charge in [-0.2, -0.15) is 0 Å². The second kappa shape index (κ2) is 11.1. The van der Waals surface area contributed by atoms with Gasteiger partial charge in [0.2, 0.25) is 0 Å². The molecule has 2 fully saturated rings. The predicted molar refractivity (Wildman–Crippen MR) is 147 cm³/mol. The number of hydrogen-bond donors (Lipinski definition) is 0. The highest BCUT2D eigenvalue weighted by Crippen LogP contribution is 2.29. The minimum atomic E-state index is -0.0753. The van der Waals surface area contributed by atoms with Crippen molar-refractivity contribution in [1.29, 1.82) is 0 Å². The number of aromatic nitrogens is 2. The molecule has 1 aromatic heterocycles. The van der Waals surface area contributed by atoms with E-state index in [1.807, 2.05) is 72.8 Å². The molecule has 6 rings (SSSR count). The standard InChI is InChI=1S/C22H18N2O2.C9H17N/c1-24-21(17-10-6-7-11-20(17)26-2)23-19-13-12-16(14-18(19)22(24)25)15-8-4-3-5-9-15;1-2-7-10(8-3-1)9-5-4-6-9/h3-14H,1-2H3;9H,1-8H2. The Labute approximate surface area is 213 Å². The summed E-state index contributed by atoms with van der Waals surface area (Å²) in [7, 11) is 3.36. The summed E-state index contributed by atoms with van der Waals surface area (Å²) >= 11 is 0. The SMILES string of the molecule is C1CCN(C2CCC2)CC1.COc1ccccc1-c1nc2ccc(-c3ccccc3)cc2c(=O)n1C. The molecule has 2 aliphatic rings. The third-order valence-corrected chi connectivity index (χ3v) is 7.51. The van der Waals surface area contributed by atoms with Gasteiger partial charge < -0.3 is 9.64 Å². The summed E-state index contributed by atoms with van der Waals surface area (Å²) in [5, 5.41) is 0.604. The zero-order chi connectivity index (χ0) is 24.9. The number of likely N-dealkylation sites (tertiary alicyclic amines) is 1. The van der Waals surface area contributed by atoms with Crippen LogP contribution in [-0.2, 0) is 7.05 Å². The molecule has 4 aromatic rings. The molecular weight excluding hydrogens is 446 g/mol. The normalized spacial score (nSPS) is 16.2. The molecule has 5 heteroatoms. The van der Waals surface area contributed by atoms with E-state index in [0.29, 0.717) is 22.5 Å². The predicted octanol–water partition coefficient (Wildman–Crippen LogP) is 6.30. The van der Waals surface area contributed by atoms with E-state index < -0.39 is 0 Å². The van der Waals surface area contributed by atoms with Gasteiger partial charge in [-0.3, -0.25) is 9.36 Å². The summed E-state index contributed by atoms with van der Waals surface area (Å²) in [6.45, 7) is 2.79. The van der Waals surface area contributed by atoms with E-state index in [1.54, 1.807) is 18.7 Å². The molecule has 1 aliphatic carbocycles. The molecule has 36 heavy (non-hydrogen) atoms. The van der Waals surface area contributed by atoms with Gasteiger partial charge in [0, 0.05) is 13.1 Å². The van der Waals surface area contributed by atoms with Gasteiger partial charge in [0.05, 0.1) is 23.6 Å². The molecule has 186 valence electrons. The van der Waals surface area contributed by atoms with Gasteiger partial charge in [0.25, 0.3) is 5.56 Å². The fourth-order valence-electron chi connectivity index (χ4n) is 5.19. The van der Waals surface area contributed by atoms with Gasteiger partial charge in [-0.1, -0.05) is 61.4 Å². The first-order valence-corrected chi connectivity index (χ1v) is 13.1. The van der Waals surface area contributed by atoms with Crippen LogP contribution in [0, 0.1) is 0 Å². The monoisotopic (exact) mass is 481 g/mol. The average molecular weight is 482 g/mol. The van der Waals surface area contributed by atoms with E-state index in [0.717, 1.165) is 22.7 Å². The van der Waals surface area contributed by atoms with E-state index in [-0.39, 0.29) is 5.56 Å². The first-order valence-electron chi connectivity index (χ1n) is 13.1. The molecule has 3 aromatic carbocycles. The molecule has 2 heterocycles. The van der Waals surface area contributed by atoms with Crippen molar-refractivity contribution in [3.63, 3.8) is 0 Å². The molecule has 0 amide bonds. The number of ether oxygens (including phenoxy) is 1. The van der Waals surface area contributed by atoms with Crippen molar-refractivity contribution in [2.75, 3.05) is 20.2 Å². The van der Waals surface area contributed by atoms with Crippen molar-refractivity contribution in [3.05, 3.63) is 83.2 Å². The molecule has 0 N–H and O–H groups in total. The van der Waals surface area contributed by atoms with E-state index in [4.69, 9.17) is 9.72 Å². The van der Waals surface area contributed by atoms with Crippen molar-refractivity contribution in [2.24, 2.45) is 7.05 Å². The molecule has 0 unspecified atom stereocenters. The number of nitrogens with zero attached hydrogens (tertiary/aromatic N) is 3. The van der Waals surface area contributed by atoms with Gasteiger partial charge in [-0.15, -0.1) is 0 Å². The third kappa shape index (κ3) is 5.07. The lowest BCUT2D eigenvalue weighted by Gasteiger charge is -2.39. The van der Waals surface area contributed by atoms with Crippen LogP contribution in [0.25, 0.3) is 33.4 Å². The number of benzene rings is 3. The third-order valence-electron chi connectivity index (χ3n) is 7.51. The van der Waals surface area contributed by atoms with Crippen LogP contribution in [0.4, 0.5) is 0 Å². The zero-order valence-electron chi connectivity index (χ0n) is 21.3. The Morgan fingerprint density at radius 2 is 1.56 bits per heavy atom. The van der Waals surface area contributed by atoms with Crippen LogP contribution in [0.15, 0.2) is 77.6 Å². The minimum Gasteiger partial charge on any atom is -0.496 e. The van der Waals surface area contributed by atoms with Crippen LogP contribution in [0.3, 0.4) is 0 Å². The van der Waals surface area contributed by atoms with E-state index in [1.165, 1.54) is 51.6 Å². The van der Waals surface area contributed by atoms with Crippen LogP contribution in [0.1, 0.15) is 38.5 Å². The first kappa shape index (κ1) is 24.3. The van der Waals surface area contributed by atoms with Crippen LogP contribution >= 0.6 is 0 Å². The largest absolute Gasteiger partial charge is 0.496 e. The summed E-state index contributed by atoms with van der Waals surface area (Å²) in [4.78, 5) is 20.4. The molecule has 0 radical (unpaired) electrons. The highest BCUT2D eigenvalue weighted by Gasteiger charge is 2.25. The summed E-state index contributed by atoms with van der Waals surface area (Å²) in [5.74, 6) is 1.28. The molecule has 0 spiro atoms. The van der Waals surface area contributed by atoms with E-state index in [9.17, 15) is 4.79 Å². The van der Waals surface area contributed by atoms with Crippen molar-refractivity contribution in [1.82, 2.24) is 14.5 Å². The molecule has 0 atom stereocenters. The zero-order valence-corrected chi connectivity index (χ0v) is 21.3. The quantitative estimate of drug-likeness (QED) is 0.343. The molecular formula is C31H35N3O2. The van der Waals surface area contributed by atoms with Crippen LogP contribution < -0.4 is 10.3 Å². The average Bonchev–Trinajstić information content (AvgIpc) is 2.91. The van der Waals surface area contributed by atoms with Crippen molar-refractivity contribution in [3.8, 4) is 28.3 Å². The molecule has 1 saturated heterocycles. The number of para-hydroxylation sites is 1. The molecule has 1 saturated carbocycles. The fraction of sp³-hybridized carbons (Fsp3) is 0.355. The summed E-state index contributed by atoms with van der Waals surface area (Å²) in [5.41, 5.74) is 3.47. The number of hydrogen-bond acceptors (Lipinski definition) is 4. The molecule has 1 aliphatic heterocycles. The second-order valence-corrected chi connectivity index (χ2v) is 9.78. The van der Waals surface area contributed by atoms with Gasteiger partial charge in [-0.25, -0.2) is 4.98 Å². The highest BCUT2D eigenvalue weighted by molar-refractivity contribution is 5.85. The maximum Gasteiger partial charge on any atom is 0.261 e. The second-order valence-electron chi connectivity index (χ2n) is 9.78. The summed E-state index contributed by atoms with van der Waals surface area (Å²) in [6.07, 6.45) is 8.84. The van der Waals surface area contributed by atoms with Gasteiger partial charge >= 0.3 is 0 Å². The van der Waals surface area contributed by atoms with Gasteiger partial charge in [0.15, 0.2) is 0 Å². The molecule has 5 nitrogen and oxygen atoms in total. The van der Waals surface area contributed by atoms with Gasteiger partial charge in [-0.05, 0) is 74.2 Å². The van der Waals surface area contributed by atoms with Crippen LogP contribution in [0.5, 0.6) is 5.75 Å². The number of rotatable bonds is 4. The maximum absolute atomic E-state index is 13.0.